The quantitative estimate of drug-likeness (QED) is 0.906. The molecule has 0 spiro atoms. The normalized spacial score (nSPS) is 16.9. The van der Waals surface area contributed by atoms with Crippen LogP contribution in [0.4, 0.5) is 0 Å². The zero-order valence-corrected chi connectivity index (χ0v) is 14.6. The fraction of sp³-hybridized carbons (Fsp3) is 0.421. The average Bonchev–Trinajstić information content (AvgIpc) is 3.09. The minimum atomic E-state index is -0.167. The maximum atomic E-state index is 12.7. The number of ether oxygens (including phenoxy) is 1. The van der Waals surface area contributed by atoms with Gasteiger partial charge in [-0.25, -0.2) is 4.98 Å². The Kier molecular flexibility index (Phi) is 5.16. The molecule has 2 aromatic rings. The molecule has 2 heterocycles. The molecule has 1 amide bonds. The van der Waals surface area contributed by atoms with Gasteiger partial charge in [-0.15, -0.1) is 0 Å². The Bertz CT molecular complexity index is 798. The van der Waals surface area contributed by atoms with Crippen LogP contribution in [0.2, 0.25) is 0 Å². The first-order valence-corrected chi connectivity index (χ1v) is 8.57. The van der Waals surface area contributed by atoms with E-state index < -0.39 is 0 Å². The van der Waals surface area contributed by atoms with Crippen LogP contribution in [0.3, 0.4) is 0 Å². The Morgan fingerprint density at radius 2 is 2.12 bits per heavy atom. The molecule has 3 rings (SSSR count). The molecular weight excluding hydrogens is 318 g/mol. The summed E-state index contributed by atoms with van der Waals surface area (Å²) >= 11 is 0. The second-order valence-corrected chi connectivity index (χ2v) is 6.37. The lowest BCUT2D eigenvalue weighted by molar-refractivity contribution is -0.132. The zero-order valence-electron chi connectivity index (χ0n) is 14.6. The van der Waals surface area contributed by atoms with Crippen molar-refractivity contribution in [1.82, 2.24) is 14.9 Å². The van der Waals surface area contributed by atoms with Gasteiger partial charge >= 0.3 is 0 Å². The topological polar surface area (TPSA) is 75.3 Å². The molecule has 1 aromatic heterocycles. The van der Waals surface area contributed by atoms with Crippen LogP contribution in [0.15, 0.2) is 35.1 Å². The van der Waals surface area contributed by atoms with E-state index in [1.165, 1.54) is 6.07 Å². The summed E-state index contributed by atoms with van der Waals surface area (Å²) < 4.78 is 5.15. The SMILES string of the molecule is COc1ccc(CCC(=O)N2CCC[C@@H]2c2nc(C)cc(=O)[nH]2)cc1. The summed E-state index contributed by atoms with van der Waals surface area (Å²) in [4.78, 5) is 33.4. The summed E-state index contributed by atoms with van der Waals surface area (Å²) in [7, 11) is 1.63. The zero-order chi connectivity index (χ0) is 17.8. The highest BCUT2D eigenvalue weighted by Gasteiger charge is 2.31. The first-order chi connectivity index (χ1) is 12.1. The van der Waals surface area contributed by atoms with Gasteiger partial charge in [-0.3, -0.25) is 9.59 Å². The van der Waals surface area contributed by atoms with Gasteiger partial charge in [-0.05, 0) is 43.9 Å². The minimum absolute atomic E-state index is 0.0995. The lowest BCUT2D eigenvalue weighted by Gasteiger charge is -2.24. The molecule has 132 valence electrons. The van der Waals surface area contributed by atoms with E-state index in [0.29, 0.717) is 30.9 Å². The molecule has 1 atom stereocenters. The van der Waals surface area contributed by atoms with Crippen LogP contribution in [0.1, 0.15) is 42.4 Å². The number of aromatic nitrogens is 2. The smallest absolute Gasteiger partial charge is 0.251 e. The summed E-state index contributed by atoms with van der Waals surface area (Å²) in [5.41, 5.74) is 1.61. The molecule has 1 aliphatic heterocycles. The number of nitrogens with zero attached hydrogens (tertiary/aromatic N) is 2. The molecule has 0 unspecified atom stereocenters. The Balaban J connectivity index is 1.66. The molecule has 25 heavy (non-hydrogen) atoms. The molecule has 6 heteroatoms. The number of amides is 1. The van der Waals surface area contributed by atoms with E-state index >= 15 is 0 Å². The molecule has 1 saturated heterocycles. The van der Waals surface area contributed by atoms with Gasteiger partial charge < -0.3 is 14.6 Å². The summed E-state index contributed by atoms with van der Waals surface area (Å²) in [6.07, 6.45) is 2.89. The summed E-state index contributed by atoms with van der Waals surface area (Å²) in [5, 5.41) is 0. The van der Waals surface area contributed by atoms with Crippen molar-refractivity contribution >= 4 is 5.91 Å². The third-order valence-electron chi connectivity index (χ3n) is 4.56. The number of aryl methyl sites for hydroxylation is 2. The Hall–Kier alpha value is -2.63. The maximum Gasteiger partial charge on any atom is 0.251 e. The maximum absolute atomic E-state index is 12.7. The number of nitrogens with one attached hydrogen (secondary N) is 1. The van der Waals surface area contributed by atoms with Crippen LogP contribution < -0.4 is 10.3 Å². The van der Waals surface area contributed by atoms with Gasteiger partial charge in [0.05, 0.1) is 13.2 Å². The van der Waals surface area contributed by atoms with Crippen LogP contribution in [0.25, 0.3) is 0 Å². The number of hydrogen-bond donors (Lipinski definition) is 1. The van der Waals surface area contributed by atoms with E-state index in [1.54, 1.807) is 14.0 Å². The second kappa shape index (κ2) is 7.51. The first kappa shape index (κ1) is 17.2. The number of H-pyrrole nitrogens is 1. The summed E-state index contributed by atoms with van der Waals surface area (Å²) in [6.45, 7) is 2.51. The molecule has 1 aromatic carbocycles. The molecule has 0 aliphatic carbocycles. The fourth-order valence-electron chi connectivity index (χ4n) is 3.30. The largest absolute Gasteiger partial charge is 0.497 e. The van der Waals surface area contributed by atoms with Gasteiger partial charge in [0.2, 0.25) is 5.91 Å². The standard InChI is InChI=1S/C19H23N3O3/c1-13-12-17(23)21-19(20-13)16-4-3-11-22(16)18(24)10-7-14-5-8-15(25-2)9-6-14/h5-6,8-9,12,16H,3-4,7,10-11H2,1-2H3,(H,20,21,23)/t16-/m1/s1. The van der Waals surface area contributed by atoms with Crippen molar-refractivity contribution < 1.29 is 9.53 Å². The molecule has 1 fully saturated rings. The highest BCUT2D eigenvalue weighted by molar-refractivity contribution is 5.77. The van der Waals surface area contributed by atoms with Crippen molar-refractivity contribution in [1.29, 1.82) is 0 Å². The van der Waals surface area contributed by atoms with Gasteiger partial charge in [-0.2, -0.15) is 0 Å². The number of methoxy groups -OCH3 is 1. The molecule has 1 aliphatic rings. The summed E-state index contributed by atoms with van der Waals surface area (Å²) in [5.74, 6) is 1.51. The molecule has 6 nitrogen and oxygen atoms in total. The molecular formula is C19H23N3O3. The number of benzene rings is 1. The van der Waals surface area contributed by atoms with Crippen molar-refractivity contribution in [3.63, 3.8) is 0 Å². The van der Waals surface area contributed by atoms with Crippen molar-refractivity contribution in [3.05, 3.63) is 57.8 Å². The number of rotatable bonds is 5. The van der Waals surface area contributed by atoms with Crippen molar-refractivity contribution in [3.8, 4) is 5.75 Å². The highest BCUT2D eigenvalue weighted by Crippen LogP contribution is 2.30. The van der Waals surface area contributed by atoms with Crippen LogP contribution in [0.5, 0.6) is 5.75 Å². The predicted octanol–water partition coefficient (Wildman–Crippen LogP) is 2.38. The monoisotopic (exact) mass is 341 g/mol. The molecule has 0 saturated carbocycles. The number of hydrogen-bond acceptors (Lipinski definition) is 4. The Morgan fingerprint density at radius 1 is 1.36 bits per heavy atom. The number of carbonyl (C=O) groups excluding carboxylic acids is 1. The highest BCUT2D eigenvalue weighted by atomic mass is 16.5. The van der Waals surface area contributed by atoms with Crippen LogP contribution in [0, 0.1) is 6.92 Å². The molecule has 0 radical (unpaired) electrons. The average molecular weight is 341 g/mol. The van der Waals surface area contributed by atoms with Crippen LogP contribution in [-0.2, 0) is 11.2 Å². The Labute approximate surface area is 146 Å². The van der Waals surface area contributed by atoms with Gasteiger partial charge in [0.25, 0.3) is 5.56 Å². The Morgan fingerprint density at radius 3 is 2.80 bits per heavy atom. The fourth-order valence-corrected chi connectivity index (χ4v) is 3.30. The van der Waals surface area contributed by atoms with E-state index in [1.807, 2.05) is 29.2 Å². The van der Waals surface area contributed by atoms with Crippen LogP contribution >= 0.6 is 0 Å². The summed E-state index contributed by atoms with van der Waals surface area (Å²) in [6, 6.07) is 9.10. The number of carbonyl (C=O) groups is 1. The molecule has 0 bridgehead atoms. The molecule has 1 N–H and O–H groups in total. The third-order valence-corrected chi connectivity index (χ3v) is 4.56. The lowest BCUT2D eigenvalue weighted by atomic mass is 10.1. The third kappa shape index (κ3) is 4.07. The van der Waals surface area contributed by atoms with Gasteiger partial charge in [0.1, 0.15) is 11.6 Å². The second-order valence-electron chi connectivity index (χ2n) is 6.37. The predicted molar refractivity (Wildman–Crippen MR) is 94.6 cm³/mol. The first-order valence-electron chi connectivity index (χ1n) is 8.57. The lowest BCUT2D eigenvalue weighted by Crippen LogP contribution is -2.32. The van der Waals surface area contributed by atoms with E-state index in [2.05, 4.69) is 9.97 Å². The van der Waals surface area contributed by atoms with E-state index in [4.69, 9.17) is 4.74 Å². The number of aromatic amines is 1. The van der Waals surface area contributed by atoms with Crippen molar-refractivity contribution in [2.75, 3.05) is 13.7 Å². The van der Waals surface area contributed by atoms with Crippen LogP contribution in [-0.4, -0.2) is 34.4 Å². The van der Waals surface area contributed by atoms with Crippen molar-refractivity contribution in [2.24, 2.45) is 0 Å². The van der Waals surface area contributed by atoms with Gasteiger partial charge in [-0.1, -0.05) is 12.1 Å². The van der Waals surface area contributed by atoms with E-state index in [0.717, 1.165) is 24.2 Å². The minimum Gasteiger partial charge on any atom is -0.497 e. The van der Waals surface area contributed by atoms with E-state index in [9.17, 15) is 9.59 Å². The number of likely N-dealkylation sites (tertiary alicyclic amines) is 1. The van der Waals surface area contributed by atoms with Crippen molar-refractivity contribution in [2.45, 2.75) is 38.6 Å². The van der Waals surface area contributed by atoms with E-state index in [-0.39, 0.29) is 17.5 Å². The van der Waals surface area contributed by atoms with Gasteiger partial charge in [0.15, 0.2) is 0 Å². The van der Waals surface area contributed by atoms with Gasteiger partial charge in [0, 0.05) is 24.7 Å².